The average molecular weight is 263 g/mol. The number of Topliss-reactive ketones (excluding diaryl/α,β-unsaturated/α-hetero) is 1. The third kappa shape index (κ3) is 2.65. The fraction of sp³-hybridized carbons (Fsp3) is 0.0714. The van der Waals surface area contributed by atoms with E-state index in [-0.39, 0.29) is 5.78 Å². The van der Waals surface area contributed by atoms with Crippen LogP contribution in [-0.4, -0.2) is 5.78 Å². The number of carbonyl (C=O) groups excluding carboxylic acids is 1. The molecular weight excluding hydrogens is 252 g/mol. The molecule has 0 saturated carbocycles. The number of hydrogen-bond acceptors (Lipinski definition) is 2. The van der Waals surface area contributed by atoms with Crippen LogP contribution in [0.1, 0.15) is 22.2 Å². The number of thiophene rings is 1. The molecule has 3 heteroatoms. The van der Waals surface area contributed by atoms with Gasteiger partial charge in [-0.25, -0.2) is 0 Å². The van der Waals surface area contributed by atoms with Gasteiger partial charge in [-0.1, -0.05) is 23.7 Å². The van der Waals surface area contributed by atoms with Crippen molar-refractivity contribution in [1.29, 1.82) is 0 Å². The van der Waals surface area contributed by atoms with Gasteiger partial charge in [0.25, 0.3) is 0 Å². The molecule has 0 unspecified atom stereocenters. The predicted molar refractivity (Wildman–Crippen MR) is 73.8 cm³/mol. The van der Waals surface area contributed by atoms with Crippen LogP contribution in [0.15, 0.2) is 47.9 Å². The summed E-state index contributed by atoms with van der Waals surface area (Å²) in [5.74, 6) is 0.0339. The van der Waals surface area contributed by atoms with Gasteiger partial charge in [0.05, 0.1) is 0 Å². The highest BCUT2D eigenvalue weighted by molar-refractivity contribution is 7.11. The Kier molecular flexibility index (Phi) is 3.77. The van der Waals surface area contributed by atoms with Crippen LogP contribution in [0.4, 0.5) is 0 Å². The van der Waals surface area contributed by atoms with E-state index in [2.05, 4.69) is 0 Å². The molecule has 0 amide bonds. The summed E-state index contributed by atoms with van der Waals surface area (Å²) >= 11 is 7.37. The normalized spacial score (nSPS) is 11.5. The zero-order chi connectivity index (χ0) is 12.3. The average Bonchev–Trinajstić information content (AvgIpc) is 2.84. The minimum Gasteiger partial charge on any atom is -0.289 e. The van der Waals surface area contributed by atoms with Crippen molar-refractivity contribution in [2.24, 2.45) is 0 Å². The summed E-state index contributed by atoms with van der Waals surface area (Å²) in [6, 6.07) is 10.9. The molecule has 0 atom stereocenters. The van der Waals surface area contributed by atoms with Crippen molar-refractivity contribution in [3.05, 3.63) is 63.3 Å². The number of rotatable bonds is 3. The van der Waals surface area contributed by atoms with Gasteiger partial charge in [-0.2, -0.15) is 0 Å². The van der Waals surface area contributed by atoms with Crippen LogP contribution in [0.25, 0.3) is 5.57 Å². The number of ketones is 1. The lowest BCUT2D eigenvalue weighted by molar-refractivity contribution is 0.105. The number of halogens is 1. The summed E-state index contributed by atoms with van der Waals surface area (Å²) in [4.78, 5) is 13.3. The molecule has 0 radical (unpaired) electrons. The highest BCUT2D eigenvalue weighted by Crippen LogP contribution is 2.24. The molecule has 2 rings (SSSR count). The van der Waals surface area contributed by atoms with Crippen molar-refractivity contribution in [3.63, 3.8) is 0 Å². The molecule has 0 spiro atoms. The van der Waals surface area contributed by atoms with E-state index in [1.165, 1.54) is 0 Å². The van der Waals surface area contributed by atoms with Gasteiger partial charge in [0, 0.05) is 21.0 Å². The predicted octanol–water partition coefficient (Wildman–Crippen LogP) is 4.69. The molecule has 2 aromatic rings. The Bertz CT molecular complexity index is 538. The number of hydrogen-bond donors (Lipinski definition) is 0. The molecule has 0 bridgehead atoms. The second-order valence-corrected chi connectivity index (χ2v) is 4.90. The topological polar surface area (TPSA) is 17.1 Å². The van der Waals surface area contributed by atoms with Crippen molar-refractivity contribution in [2.45, 2.75) is 6.92 Å². The Hall–Kier alpha value is -1.38. The smallest absolute Gasteiger partial charge is 0.194 e. The zero-order valence-corrected chi connectivity index (χ0v) is 10.9. The molecular formula is C14H11ClOS. The fourth-order valence-electron chi connectivity index (χ4n) is 1.57. The molecule has 1 nitrogen and oxygen atoms in total. The Balaban J connectivity index is 2.34. The maximum atomic E-state index is 12.3. The van der Waals surface area contributed by atoms with Crippen LogP contribution in [0.5, 0.6) is 0 Å². The molecule has 0 fully saturated rings. The van der Waals surface area contributed by atoms with Crippen LogP contribution in [0, 0.1) is 0 Å². The lowest BCUT2D eigenvalue weighted by atomic mass is 10.0. The molecule has 1 aromatic carbocycles. The number of benzene rings is 1. The van der Waals surface area contributed by atoms with Gasteiger partial charge in [0.2, 0.25) is 0 Å². The first-order valence-corrected chi connectivity index (χ1v) is 6.48. The quantitative estimate of drug-likeness (QED) is 0.579. The van der Waals surface area contributed by atoms with Gasteiger partial charge in [0.1, 0.15) is 0 Å². The van der Waals surface area contributed by atoms with E-state index in [0.717, 1.165) is 10.5 Å². The second kappa shape index (κ2) is 5.30. The third-order valence-electron chi connectivity index (χ3n) is 2.43. The molecule has 0 saturated heterocycles. The summed E-state index contributed by atoms with van der Waals surface area (Å²) in [6.45, 7) is 1.88. The number of carbonyl (C=O) groups is 1. The first-order valence-electron chi connectivity index (χ1n) is 5.23. The Morgan fingerprint density at radius 3 is 2.47 bits per heavy atom. The van der Waals surface area contributed by atoms with Gasteiger partial charge < -0.3 is 0 Å². The van der Waals surface area contributed by atoms with E-state index in [9.17, 15) is 4.79 Å². The van der Waals surface area contributed by atoms with E-state index in [1.54, 1.807) is 35.6 Å². The summed E-state index contributed by atoms with van der Waals surface area (Å²) < 4.78 is 0. The summed E-state index contributed by atoms with van der Waals surface area (Å²) in [5, 5.41) is 2.60. The van der Waals surface area contributed by atoms with Crippen LogP contribution < -0.4 is 0 Å². The van der Waals surface area contributed by atoms with Crippen LogP contribution in [-0.2, 0) is 0 Å². The number of allylic oxidation sites excluding steroid dienone is 2. The molecule has 17 heavy (non-hydrogen) atoms. The molecule has 1 heterocycles. The highest BCUT2D eigenvalue weighted by Gasteiger charge is 2.13. The lowest BCUT2D eigenvalue weighted by Gasteiger charge is -2.04. The van der Waals surface area contributed by atoms with E-state index >= 15 is 0 Å². The highest BCUT2D eigenvalue weighted by atomic mass is 35.5. The molecule has 0 aliphatic rings. The summed E-state index contributed by atoms with van der Waals surface area (Å²) in [7, 11) is 0. The van der Waals surface area contributed by atoms with Crippen LogP contribution >= 0.6 is 22.9 Å². The molecule has 1 aromatic heterocycles. The molecule has 86 valence electrons. The lowest BCUT2D eigenvalue weighted by Crippen LogP contribution is -2.01. The Labute approximate surface area is 109 Å². The van der Waals surface area contributed by atoms with E-state index in [0.29, 0.717) is 10.6 Å². The zero-order valence-electron chi connectivity index (χ0n) is 9.31. The summed E-state index contributed by atoms with van der Waals surface area (Å²) in [6.07, 6.45) is 1.85. The Morgan fingerprint density at radius 2 is 1.94 bits per heavy atom. The second-order valence-electron chi connectivity index (χ2n) is 3.52. The first-order chi connectivity index (χ1) is 8.22. The van der Waals surface area contributed by atoms with Crippen LogP contribution in [0.2, 0.25) is 5.02 Å². The minimum atomic E-state index is 0.0339. The maximum Gasteiger partial charge on any atom is 0.194 e. The largest absolute Gasteiger partial charge is 0.289 e. The van der Waals surface area contributed by atoms with Crippen molar-refractivity contribution >= 4 is 34.3 Å². The minimum absolute atomic E-state index is 0.0339. The van der Waals surface area contributed by atoms with Crippen molar-refractivity contribution in [1.82, 2.24) is 0 Å². The Morgan fingerprint density at radius 1 is 1.24 bits per heavy atom. The van der Waals surface area contributed by atoms with Crippen molar-refractivity contribution < 1.29 is 4.79 Å². The van der Waals surface area contributed by atoms with Crippen LogP contribution in [0.3, 0.4) is 0 Å². The third-order valence-corrected chi connectivity index (χ3v) is 3.58. The van der Waals surface area contributed by atoms with E-state index < -0.39 is 0 Å². The van der Waals surface area contributed by atoms with Gasteiger partial charge in [-0.15, -0.1) is 11.3 Å². The standard InChI is InChI=1S/C14H11ClOS/c1-2-12(13-4-3-9-17-13)14(16)10-5-7-11(15)8-6-10/h2-9H,1H3/b12-2+. The SMILES string of the molecule is C/C=C(/C(=O)c1ccc(Cl)cc1)c1cccs1. The molecule has 0 aliphatic carbocycles. The molecule has 0 N–H and O–H groups in total. The molecule has 0 aliphatic heterocycles. The van der Waals surface area contributed by atoms with Crippen molar-refractivity contribution in [3.8, 4) is 0 Å². The van der Waals surface area contributed by atoms with Crippen molar-refractivity contribution in [2.75, 3.05) is 0 Å². The van der Waals surface area contributed by atoms with Gasteiger partial charge in [-0.05, 0) is 42.6 Å². The maximum absolute atomic E-state index is 12.3. The van der Waals surface area contributed by atoms with Gasteiger partial charge in [0.15, 0.2) is 5.78 Å². The van der Waals surface area contributed by atoms with Gasteiger partial charge >= 0.3 is 0 Å². The monoisotopic (exact) mass is 262 g/mol. The van der Waals surface area contributed by atoms with E-state index in [1.807, 2.05) is 30.5 Å². The van der Waals surface area contributed by atoms with E-state index in [4.69, 9.17) is 11.6 Å². The fourth-order valence-corrected chi connectivity index (χ4v) is 2.50. The first kappa shape index (κ1) is 12.1. The van der Waals surface area contributed by atoms with Gasteiger partial charge in [-0.3, -0.25) is 4.79 Å². The summed E-state index contributed by atoms with van der Waals surface area (Å²) in [5.41, 5.74) is 1.40.